The van der Waals surface area contributed by atoms with Gasteiger partial charge in [0.2, 0.25) is 0 Å². The van der Waals surface area contributed by atoms with E-state index in [1.165, 1.54) is 41.0 Å². The van der Waals surface area contributed by atoms with Gasteiger partial charge in [-0.3, -0.25) is 0 Å². The van der Waals surface area contributed by atoms with Crippen molar-refractivity contribution in [1.29, 1.82) is 0 Å². The second-order valence-electron chi connectivity index (χ2n) is 8.39. The van der Waals surface area contributed by atoms with Crippen LogP contribution < -0.4 is 5.32 Å². The molecule has 4 heteroatoms. The van der Waals surface area contributed by atoms with Crippen LogP contribution in [0.25, 0.3) is 0 Å². The molecule has 0 bridgehead atoms. The highest BCUT2D eigenvalue weighted by Gasteiger charge is 2.47. The maximum absolute atomic E-state index is 13.5. The van der Waals surface area contributed by atoms with Gasteiger partial charge in [0.25, 0.3) is 0 Å². The molecule has 146 valence electrons. The summed E-state index contributed by atoms with van der Waals surface area (Å²) < 4.78 is 19.8. The first-order valence-electron chi connectivity index (χ1n) is 10.3. The Morgan fingerprint density at radius 1 is 1.07 bits per heavy atom. The summed E-state index contributed by atoms with van der Waals surface area (Å²) in [5.41, 5.74) is 1.43. The van der Waals surface area contributed by atoms with Crippen molar-refractivity contribution in [2.75, 3.05) is 13.2 Å². The maximum Gasteiger partial charge on any atom is 0.123 e. The van der Waals surface area contributed by atoms with Gasteiger partial charge in [0, 0.05) is 28.3 Å². The van der Waals surface area contributed by atoms with Crippen molar-refractivity contribution in [3.8, 4) is 0 Å². The smallest absolute Gasteiger partial charge is 0.123 e. The standard InChI is InChI=1S/C23H30FNOS/c1-18-4-9-21(27-18)16-25-14-12-22(19-5-7-20(24)8-6-19)13-15-26-23(17-22)10-2-3-11-23/h4-9,25H,2-3,10-17H2,1H3/t22-/m1/s1. The summed E-state index contributed by atoms with van der Waals surface area (Å²) in [5.74, 6) is -0.150. The zero-order valence-electron chi connectivity index (χ0n) is 16.2. The summed E-state index contributed by atoms with van der Waals surface area (Å²) in [6.45, 7) is 4.88. The first kappa shape index (κ1) is 19.1. The molecule has 2 aromatic rings. The van der Waals surface area contributed by atoms with E-state index in [2.05, 4.69) is 24.4 Å². The third kappa shape index (κ3) is 4.28. The minimum atomic E-state index is -0.150. The predicted molar refractivity (Wildman–Crippen MR) is 110 cm³/mol. The van der Waals surface area contributed by atoms with Crippen LogP contribution in [0.2, 0.25) is 0 Å². The normalized spacial score (nSPS) is 24.5. The fraction of sp³-hybridized carbons (Fsp3) is 0.565. The van der Waals surface area contributed by atoms with Crippen LogP contribution in [-0.2, 0) is 16.7 Å². The van der Waals surface area contributed by atoms with Gasteiger partial charge < -0.3 is 10.1 Å². The number of nitrogens with one attached hydrogen (secondary N) is 1. The number of rotatable bonds is 6. The highest BCUT2D eigenvalue weighted by Crippen LogP contribution is 2.50. The van der Waals surface area contributed by atoms with Crippen molar-refractivity contribution in [3.05, 3.63) is 57.5 Å². The summed E-state index contributed by atoms with van der Waals surface area (Å²) >= 11 is 1.86. The quantitative estimate of drug-likeness (QED) is 0.639. The fourth-order valence-corrected chi connectivity index (χ4v) is 5.95. The minimum Gasteiger partial charge on any atom is -0.375 e. The molecule has 1 aliphatic heterocycles. The van der Waals surface area contributed by atoms with E-state index < -0.39 is 0 Å². The monoisotopic (exact) mass is 387 g/mol. The second-order valence-corrected chi connectivity index (χ2v) is 9.76. The van der Waals surface area contributed by atoms with Crippen LogP contribution in [0.15, 0.2) is 36.4 Å². The molecule has 1 N–H and O–H groups in total. The van der Waals surface area contributed by atoms with Gasteiger partial charge in [0.15, 0.2) is 0 Å². The predicted octanol–water partition coefficient (Wildman–Crippen LogP) is 5.74. The van der Waals surface area contributed by atoms with E-state index in [0.717, 1.165) is 39.0 Å². The van der Waals surface area contributed by atoms with Crippen LogP contribution in [0.4, 0.5) is 4.39 Å². The first-order valence-corrected chi connectivity index (χ1v) is 11.1. The van der Waals surface area contributed by atoms with E-state index >= 15 is 0 Å². The van der Waals surface area contributed by atoms with E-state index in [4.69, 9.17) is 4.74 Å². The lowest BCUT2D eigenvalue weighted by molar-refractivity contribution is -0.103. The summed E-state index contributed by atoms with van der Waals surface area (Å²) in [5, 5.41) is 3.64. The van der Waals surface area contributed by atoms with Gasteiger partial charge >= 0.3 is 0 Å². The molecule has 4 rings (SSSR count). The van der Waals surface area contributed by atoms with Gasteiger partial charge in [-0.1, -0.05) is 25.0 Å². The van der Waals surface area contributed by atoms with Crippen molar-refractivity contribution in [3.63, 3.8) is 0 Å². The van der Waals surface area contributed by atoms with Crippen LogP contribution in [0.1, 0.15) is 60.3 Å². The first-order chi connectivity index (χ1) is 13.1. The van der Waals surface area contributed by atoms with Gasteiger partial charge in [-0.2, -0.15) is 0 Å². The van der Waals surface area contributed by atoms with Gasteiger partial charge in [-0.05, 0) is 75.4 Å². The summed E-state index contributed by atoms with van der Waals surface area (Å²) in [4.78, 5) is 2.75. The van der Waals surface area contributed by atoms with E-state index in [1.807, 2.05) is 23.5 Å². The largest absolute Gasteiger partial charge is 0.375 e. The lowest BCUT2D eigenvalue weighted by Gasteiger charge is -2.47. The van der Waals surface area contributed by atoms with E-state index in [-0.39, 0.29) is 16.8 Å². The van der Waals surface area contributed by atoms with Crippen molar-refractivity contribution in [2.45, 2.75) is 69.4 Å². The Hall–Kier alpha value is -1.23. The van der Waals surface area contributed by atoms with Crippen LogP contribution >= 0.6 is 11.3 Å². The lowest BCUT2D eigenvalue weighted by Crippen LogP contribution is -2.47. The molecule has 1 saturated heterocycles. The number of benzene rings is 1. The minimum absolute atomic E-state index is 0.0531. The fourth-order valence-electron chi connectivity index (χ4n) is 5.09. The molecule has 1 spiro atoms. The van der Waals surface area contributed by atoms with Gasteiger partial charge in [0.05, 0.1) is 5.60 Å². The van der Waals surface area contributed by atoms with Gasteiger partial charge in [0.1, 0.15) is 5.82 Å². The Kier molecular flexibility index (Phi) is 5.68. The number of ether oxygens (including phenoxy) is 1. The molecule has 0 radical (unpaired) electrons. The van der Waals surface area contributed by atoms with E-state index in [1.54, 1.807) is 12.1 Å². The van der Waals surface area contributed by atoms with Crippen molar-refractivity contribution in [1.82, 2.24) is 5.32 Å². The molecule has 1 aromatic heterocycles. The Morgan fingerprint density at radius 3 is 2.56 bits per heavy atom. The Labute approximate surface area is 166 Å². The van der Waals surface area contributed by atoms with Crippen molar-refractivity contribution < 1.29 is 9.13 Å². The van der Waals surface area contributed by atoms with Crippen LogP contribution in [0.3, 0.4) is 0 Å². The maximum atomic E-state index is 13.5. The molecule has 2 fully saturated rings. The molecular weight excluding hydrogens is 357 g/mol. The zero-order chi connectivity index (χ0) is 18.7. The third-order valence-corrected chi connectivity index (χ3v) is 7.50. The molecule has 27 heavy (non-hydrogen) atoms. The molecule has 2 heterocycles. The van der Waals surface area contributed by atoms with E-state index in [0.29, 0.717) is 0 Å². The highest BCUT2D eigenvalue weighted by molar-refractivity contribution is 7.11. The van der Waals surface area contributed by atoms with Gasteiger partial charge in [-0.25, -0.2) is 4.39 Å². The van der Waals surface area contributed by atoms with Crippen LogP contribution in [0.5, 0.6) is 0 Å². The summed E-state index contributed by atoms with van der Waals surface area (Å²) in [6.07, 6.45) is 8.08. The molecular formula is C23H30FNOS. The molecule has 1 aliphatic carbocycles. The Balaban J connectivity index is 1.48. The molecule has 0 unspecified atom stereocenters. The number of thiophene rings is 1. The molecule has 2 nitrogen and oxygen atoms in total. The number of aryl methyl sites for hydroxylation is 1. The Bertz CT molecular complexity index is 750. The number of hydrogen-bond acceptors (Lipinski definition) is 3. The van der Waals surface area contributed by atoms with Crippen LogP contribution in [-0.4, -0.2) is 18.8 Å². The molecule has 1 aromatic carbocycles. The van der Waals surface area contributed by atoms with Crippen molar-refractivity contribution >= 4 is 11.3 Å². The topological polar surface area (TPSA) is 21.3 Å². The van der Waals surface area contributed by atoms with Crippen LogP contribution in [0, 0.1) is 12.7 Å². The second kappa shape index (κ2) is 8.02. The number of halogens is 1. The van der Waals surface area contributed by atoms with Crippen molar-refractivity contribution in [2.24, 2.45) is 0 Å². The average molecular weight is 388 g/mol. The molecule has 0 amide bonds. The summed E-state index contributed by atoms with van der Waals surface area (Å²) in [6, 6.07) is 11.7. The molecule has 2 aliphatic rings. The Morgan fingerprint density at radius 2 is 1.85 bits per heavy atom. The SMILES string of the molecule is Cc1ccc(CNCC[C@@]2(c3ccc(F)cc3)CCOC3(CCCC3)C2)s1. The average Bonchev–Trinajstić information content (AvgIpc) is 3.28. The summed E-state index contributed by atoms with van der Waals surface area (Å²) in [7, 11) is 0. The molecule has 1 atom stereocenters. The zero-order valence-corrected chi connectivity index (χ0v) is 17.0. The third-order valence-electron chi connectivity index (χ3n) is 6.50. The number of hydrogen-bond donors (Lipinski definition) is 1. The van der Waals surface area contributed by atoms with E-state index in [9.17, 15) is 4.39 Å². The molecule has 1 saturated carbocycles. The lowest BCUT2D eigenvalue weighted by atomic mass is 9.66. The highest BCUT2D eigenvalue weighted by atomic mass is 32.1. The van der Waals surface area contributed by atoms with Gasteiger partial charge in [-0.15, -0.1) is 11.3 Å².